The summed E-state index contributed by atoms with van der Waals surface area (Å²) in [5.74, 6) is -1.39. The van der Waals surface area contributed by atoms with Crippen molar-refractivity contribution < 1.29 is 23.1 Å². The molecule has 3 aromatic rings. The van der Waals surface area contributed by atoms with Gasteiger partial charge in [-0.1, -0.05) is 23.7 Å². The predicted octanol–water partition coefficient (Wildman–Crippen LogP) is 4.22. The van der Waals surface area contributed by atoms with Crippen molar-refractivity contribution in [1.29, 1.82) is 0 Å². The summed E-state index contributed by atoms with van der Waals surface area (Å²) in [6.07, 6.45) is -0.262. The molecule has 1 saturated heterocycles. The van der Waals surface area contributed by atoms with Crippen molar-refractivity contribution in [3.63, 3.8) is 0 Å². The summed E-state index contributed by atoms with van der Waals surface area (Å²) < 4.78 is 31.4. The third-order valence-corrected chi connectivity index (χ3v) is 8.76. The number of halogens is 1. The molecule has 4 rings (SSSR count). The summed E-state index contributed by atoms with van der Waals surface area (Å²) in [5, 5.41) is 14.4. The number of sulfone groups is 1. The first-order valence-corrected chi connectivity index (χ1v) is 12.0. The van der Waals surface area contributed by atoms with Gasteiger partial charge in [0.15, 0.2) is 14.6 Å². The Bertz CT molecular complexity index is 1300. The maximum Gasteiger partial charge on any atom is 0.324 e. The number of hydrogen-bond donors (Lipinski definition) is 2. The minimum Gasteiger partial charge on any atom is -0.480 e. The number of carboxylic acids is 1. The Morgan fingerprint density at radius 3 is 2.47 bits per heavy atom. The Morgan fingerprint density at radius 2 is 1.84 bits per heavy atom. The van der Waals surface area contributed by atoms with Crippen LogP contribution in [0.15, 0.2) is 53.4 Å². The molecular formula is C23H25ClN2O5S. The van der Waals surface area contributed by atoms with E-state index in [0.29, 0.717) is 5.02 Å². The first-order valence-electron chi connectivity index (χ1n) is 10.2. The number of fused-ring (bicyclic) bond motifs is 1. The van der Waals surface area contributed by atoms with Crippen molar-refractivity contribution in [2.45, 2.75) is 48.8 Å². The van der Waals surface area contributed by atoms with Crippen LogP contribution >= 0.6 is 11.6 Å². The zero-order valence-corrected chi connectivity index (χ0v) is 19.7. The largest absolute Gasteiger partial charge is 0.480 e. The number of nitrogens with one attached hydrogen (secondary N) is 1. The van der Waals surface area contributed by atoms with Crippen molar-refractivity contribution >= 4 is 38.3 Å². The molecule has 9 heteroatoms. The monoisotopic (exact) mass is 476 g/mol. The molecule has 0 radical (unpaired) electrons. The minimum absolute atomic E-state index is 0.0180. The molecule has 0 saturated carbocycles. The van der Waals surface area contributed by atoms with Crippen LogP contribution in [0.4, 0.5) is 0 Å². The summed E-state index contributed by atoms with van der Waals surface area (Å²) >= 11 is 6.10. The first-order chi connectivity index (χ1) is 14.9. The maximum atomic E-state index is 12.7. The van der Waals surface area contributed by atoms with Gasteiger partial charge in [-0.25, -0.2) is 8.42 Å². The van der Waals surface area contributed by atoms with Crippen molar-refractivity contribution in [3.05, 3.63) is 64.8 Å². The second-order valence-electron chi connectivity index (χ2n) is 8.58. The molecule has 2 N–H and O–H groups in total. The van der Waals surface area contributed by atoms with E-state index in [2.05, 4.69) is 16.0 Å². The number of carboxylic acid groups (broad SMARTS) is 1. The number of epoxide rings is 1. The van der Waals surface area contributed by atoms with Crippen LogP contribution < -0.4 is 5.32 Å². The normalized spacial score (nSPS) is 19.8. The lowest BCUT2D eigenvalue weighted by molar-refractivity contribution is -0.139. The number of carbonyl (C=O) groups is 1. The quantitative estimate of drug-likeness (QED) is 0.495. The lowest BCUT2D eigenvalue weighted by atomic mass is 10.1. The average molecular weight is 477 g/mol. The van der Waals surface area contributed by atoms with Gasteiger partial charge in [0.2, 0.25) is 0 Å². The fourth-order valence-electron chi connectivity index (χ4n) is 3.77. The lowest BCUT2D eigenvalue weighted by Crippen LogP contribution is -2.40. The van der Waals surface area contributed by atoms with Crippen molar-refractivity contribution in [2.24, 2.45) is 7.05 Å². The van der Waals surface area contributed by atoms with E-state index in [9.17, 15) is 18.3 Å². The molecule has 1 fully saturated rings. The van der Waals surface area contributed by atoms with E-state index in [0.717, 1.165) is 22.2 Å². The van der Waals surface area contributed by atoms with Crippen LogP contribution in [0, 0.1) is 0 Å². The van der Waals surface area contributed by atoms with Gasteiger partial charge in [-0.2, -0.15) is 0 Å². The summed E-state index contributed by atoms with van der Waals surface area (Å²) in [6, 6.07) is 14.0. The predicted molar refractivity (Wildman–Crippen MR) is 122 cm³/mol. The van der Waals surface area contributed by atoms with Gasteiger partial charge in [-0.05, 0) is 62.7 Å². The fraction of sp³-hybridized carbons (Fsp3) is 0.348. The summed E-state index contributed by atoms with van der Waals surface area (Å²) in [6.45, 7) is 4.34. The molecule has 7 nitrogen and oxygen atoms in total. The Kier molecular flexibility index (Phi) is 5.61. The van der Waals surface area contributed by atoms with Crippen LogP contribution in [0.25, 0.3) is 10.9 Å². The second kappa shape index (κ2) is 7.88. The van der Waals surface area contributed by atoms with E-state index in [4.69, 9.17) is 16.3 Å². The summed E-state index contributed by atoms with van der Waals surface area (Å²) in [5.41, 5.74) is 2.99. The zero-order valence-electron chi connectivity index (χ0n) is 18.2. The maximum absolute atomic E-state index is 12.7. The van der Waals surface area contributed by atoms with E-state index in [1.807, 2.05) is 32.2 Å². The van der Waals surface area contributed by atoms with Gasteiger partial charge >= 0.3 is 5.97 Å². The lowest BCUT2D eigenvalue weighted by Gasteiger charge is -2.20. The molecule has 1 aromatic heterocycles. The van der Waals surface area contributed by atoms with Crippen molar-refractivity contribution in [1.82, 2.24) is 9.88 Å². The molecule has 0 amide bonds. The van der Waals surface area contributed by atoms with Gasteiger partial charge in [0.25, 0.3) is 0 Å². The van der Waals surface area contributed by atoms with E-state index >= 15 is 0 Å². The third-order valence-electron chi connectivity index (χ3n) is 6.12. The summed E-state index contributed by atoms with van der Waals surface area (Å²) in [4.78, 5) is 11.4. The smallest absolute Gasteiger partial charge is 0.324 e. The number of aromatic nitrogens is 1. The van der Waals surface area contributed by atoms with Crippen LogP contribution in [0.3, 0.4) is 0 Å². The van der Waals surface area contributed by atoms with E-state index in [1.165, 1.54) is 26.0 Å². The minimum atomic E-state index is -4.01. The molecule has 1 aliphatic rings. The molecule has 32 heavy (non-hydrogen) atoms. The van der Waals surface area contributed by atoms with Crippen LogP contribution in [-0.2, 0) is 26.4 Å². The molecule has 170 valence electrons. The van der Waals surface area contributed by atoms with Gasteiger partial charge in [-0.15, -0.1) is 0 Å². The van der Waals surface area contributed by atoms with Gasteiger partial charge in [0.1, 0.15) is 12.3 Å². The van der Waals surface area contributed by atoms with Crippen LogP contribution in [0.5, 0.6) is 0 Å². The van der Waals surface area contributed by atoms with E-state index < -0.39 is 20.6 Å². The molecule has 0 bridgehead atoms. The standard InChI is InChI=1S/C23H25ClN2O5S/c1-13(14-5-8-17(9-6-14)32(29,30)23(2,3)22(27)28)25-21-20(31-21)19-12-15-11-16(24)7-10-18(15)26(19)4/h5-13,20-21,25H,1-4H3,(H,27,28)/t13-,20?,21?/m1/s1. The van der Waals surface area contributed by atoms with E-state index in [1.54, 1.807) is 12.1 Å². The third kappa shape index (κ3) is 3.81. The Labute approximate surface area is 191 Å². The molecule has 1 aliphatic heterocycles. The molecule has 0 spiro atoms. The van der Waals surface area contributed by atoms with Crippen LogP contribution in [0.1, 0.15) is 44.2 Å². The number of rotatable bonds is 7. The van der Waals surface area contributed by atoms with Crippen LogP contribution in [0.2, 0.25) is 5.02 Å². The highest BCUT2D eigenvalue weighted by molar-refractivity contribution is 7.93. The molecule has 0 aliphatic carbocycles. The Balaban J connectivity index is 1.46. The highest BCUT2D eigenvalue weighted by Crippen LogP contribution is 2.40. The Morgan fingerprint density at radius 1 is 1.19 bits per heavy atom. The fourth-order valence-corrected chi connectivity index (χ4v) is 5.26. The number of aliphatic carboxylic acids is 1. The number of hydrogen-bond acceptors (Lipinski definition) is 5. The first kappa shape index (κ1) is 22.8. The number of nitrogens with zero attached hydrogens (tertiary/aromatic N) is 1. The number of benzene rings is 2. The molecular weight excluding hydrogens is 452 g/mol. The highest BCUT2D eigenvalue weighted by Gasteiger charge is 2.44. The topological polar surface area (TPSA) is 101 Å². The average Bonchev–Trinajstić information content (AvgIpc) is 3.42. The molecule has 3 atom stereocenters. The van der Waals surface area contributed by atoms with Gasteiger partial charge in [0, 0.05) is 29.0 Å². The van der Waals surface area contributed by atoms with Crippen molar-refractivity contribution in [2.75, 3.05) is 0 Å². The molecule has 2 unspecified atom stereocenters. The van der Waals surface area contributed by atoms with Gasteiger partial charge in [-0.3, -0.25) is 10.1 Å². The second-order valence-corrected chi connectivity index (χ2v) is 11.5. The highest BCUT2D eigenvalue weighted by atomic mass is 35.5. The van der Waals surface area contributed by atoms with Gasteiger partial charge < -0.3 is 14.4 Å². The van der Waals surface area contributed by atoms with Crippen LogP contribution in [-0.4, -0.2) is 35.0 Å². The summed E-state index contributed by atoms with van der Waals surface area (Å²) in [7, 11) is -2.02. The van der Waals surface area contributed by atoms with Gasteiger partial charge in [0.05, 0.1) is 10.6 Å². The number of aryl methyl sites for hydroxylation is 1. The van der Waals surface area contributed by atoms with Crippen molar-refractivity contribution in [3.8, 4) is 0 Å². The SMILES string of the molecule is C[C@@H](NC1OC1c1cc2cc(Cl)ccc2n1C)c1ccc(S(=O)(=O)C(C)(C)C(=O)O)cc1. The Hall–Kier alpha value is -2.39. The number of ether oxygens (including phenoxy) is 1. The molecule has 2 heterocycles. The van der Waals surface area contributed by atoms with E-state index in [-0.39, 0.29) is 23.3 Å². The zero-order chi connectivity index (χ0) is 23.4. The molecule has 2 aromatic carbocycles.